The van der Waals surface area contributed by atoms with Crippen LogP contribution in [0.25, 0.3) is 0 Å². The van der Waals surface area contributed by atoms with E-state index in [9.17, 15) is 9.90 Å². The average Bonchev–Trinajstić information content (AvgIpc) is 2.71. The molecule has 0 rings (SSSR count). The Bertz CT molecular complexity index is 349. The number of ether oxygens (including phenoxy) is 1. The van der Waals surface area contributed by atoms with Crippen LogP contribution in [0, 0.1) is 5.92 Å². The molecule has 0 aliphatic rings. The number of esters is 1. The van der Waals surface area contributed by atoms with Crippen LogP contribution in [0.1, 0.15) is 117 Å². The molecule has 0 aliphatic carbocycles. The van der Waals surface area contributed by atoms with Gasteiger partial charge in [0.2, 0.25) is 0 Å². The van der Waals surface area contributed by atoms with Gasteiger partial charge in [0, 0.05) is 13.0 Å². The van der Waals surface area contributed by atoms with E-state index in [4.69, 9.17) is 4.74 Å². The fraction of sp³-hybridized carbons (Fsp3) is 0.960. The van der Waals surface area contributed by atoms with E-state index in [1.54, 1.807) is 0 Å². The third kappa shape index (κ3) is 20.4. The molecule has 0 radical (unpaired) electrons. The van der Waals surface area contributed by atoms with Gasteiger partial charge in [0.25, 0.3) is 0 Å². The normalized spacial score (nSPS) is 12.4. The van der Waals surface area contributed by atoms with E-state index in [0.717, 1.165) is 38.9 Å². The van der Waals surface area contributed by atoms with Crippen molar-refractivity contribution in [3.63, 3.8) is 0 Å². The third-order valence-electron chi connectivity index (χ3n) is 5.68. The summed E-state index contributed by atoms with van der Waals surface area (Å²) >= 11 is 0. The van der Waals surface area contributed by atoms with Crippen LogP contribution in [0.4, 0.5) is 0 Å². The molecule has 0 amide bonds. The molecule has 0 aliphatic heterocycles. The fourth-order valence-corrected chi connectivity index (χ4v) is 3.68. The summed E-state index contributed by atoms with van der Waals surface area (Å²) in [6.07, 6.45) is 17.7. The molecule has 0 saturated carbocycles. The zero-order valence-corrected chi connectivity index (χ0v) is 19.9. The number of nitrogens with zero attached hydrogens (tertiary/aromatic N) is 1. The molecule has 174 valence electrons. The summed E-state index contributed by atoms with van der Waals surface area (Å²) < 4.78 is 5.46. The Morgan fingerprint density at radius 2 is 1.34 bits per heavy atom. The van der Waals surface area contributed by atoms with E-state index in [1.165, 1.54) is 70.6 Å². The minimum Gasteiger partial charge on any atom is -0.465 e. The summed E-state index contributed by atoms with van der Waals surface area (Å²) in [6, 6.07) is 0. The molecule has 1 atom stereocenters. The van der Waals surface area contributed by atoms with Gasteiger partial charge in [0.05, 0.1) is 13.2 Å². The molecular weight excluding hydrogens is 362 g/mol. The Labute approximate surface area is 181 Å². The lowest BCUT2D eigenvalue weighted by atomic mass is 10.0. The van der Waals surface area contributed by atoms with Crippen LogP contribution in [0.5, 0.6) is 0 Å². The van der Waals surface area contributed by atoms with Crippen molar-refractivity contribution in [2.75, 3.05) is 32.8 Å². The molecule has 1 unspecified atom stereocenters. The lowest BCUT2D eigenvalue weighted by Gasteiger charge is -2.21. The molecule has 1 N–H and O–H groups in total. The van der Waals surface area contributed by atoms with Crippen LogP contribution >= 0.6 is 0 Å². The van der Waals surface area contributed by atoms with Crippen LogP contribution in [0.15, 0.2) is 0 Å². The first-order valence-electron chi connectivity index (χ1n) is 12.6. The maximum atomic E-state index is 11.9. The highest BCUT2D eigenvalue weighted by atomic mass is 16.5. The zero-order valence-electron chi connectivity index (χ0n) is 19.9. The molecule has 29 heavy (non-hydrogen) atoms. The molecule has 0 spiro atoms. The Kier molecular flexibility index (Phi) is 21.6. The molecule has 4 nitrogen and oxygen atoms in total. The Morgan fingerprint density at radius 1 is 0.793 bits per heavy atom. The van der Waals surface area contributed by atoms with Crippen molar-refractivity contribution in [2.24, 2.45) is 5.92 Å². The maximum absolute atomic E-state index is 11.9. The Balaban J connectivity index is 3.61. The summed E-state index contributed by atoms with van der Waals surface area (Å²) in [7, 11) is 0. The van der Waals surface area contributed by atoms with Crippen molar-refractivity contribution in [3.05, 3.63) is 0 Å². The minimum absolute atomic E-state index is 0.0356. The second-order valence-corrected chi connectivity index (χ2v) is 8.78. The van der Waals surface area contributed by atoms with E-state index in [2.05, 4.69) is 25.7 Å². The highest BCUT2D eigenvalue weighted by Gasteiger charge is 2.08. The van der Waals surface area contributed by atoms with Gasteiger partial charge in [-0.3, -0.25) is 4.79 Å². The highest BCUT2D eigenvalue weighted by molar-refractivity contribution is 5.69. The summed E-state index contributed by atoms with van der Waals surface area (Å²) in [6.45, 7) is 10.4. The predicted octanol–water partition coefficient (Wildman–Crippen LogP) is 6.35. The lowest BCUT2D eigenvalue weighted by Crippen LogP contribution is -2.29. The summed E-state index contributed by atoms with van der Waals surface area (Å²) in [5.41, 5.74) is 0. The SMILES string of the molecule is CCCCCCCCC(C)COC(=O)CCCCCN(CCO)CCCCCC. The smallest absolute Gasteiger partial charge is 0.305 e. The maximum Gasteiger partial charge on any atom is 0.305 e. The number of aliphatic hydroxyl groups excluding tert-OH is 1. The Morgan fingerprint density at radius 3 is 1.97 bits per heavy atom. The van der Waals surface area contributed by atoms with Gasteiger partial charge >= 0.3 is 5.97 Å². The van der Waals surface area contributed by atoms with E-state index >= 15 is 0 Å². The summed E-state index contributed by atoms with van der Waals surface area (Å²) in [5.74, 6) is 0.441. The number of rotatable bonds is 22. The Hall–Kier alpha value is -0.610. The van der Waals surface area contributed by atoms with Crippen molar-refractivity contribution >= 4 is 5.97 Å². The monoisotopic (exact) mass is 413 g/mol. The van der Waals surface area contributed by atoms with E-state index in [0.29, 0.717) is 18.9 Å². The number of unbranched alkanes of at least 4 members (excludes halogenated alkanes) is 10. The molecule has 0 aromatic rings. The lowest BCUT2D eigenvalue weighted by molar-refractivity contribution is -0.145. The van der Waals surface area contributed by atoms with Crippen LogP contribution < -0.4 is 0 Å². The highest BCUT2D eigenvalue weighted by Crippen LogP contribution is 2.13. The summed E-state index contributed by atoms with van der Waals surface area (Å²) in [5, 5.41) is 9.22. The molecule has 0 aromatic heterocycles. The van der Waals surface area contributed by atoms with E-state index < -0.39 is 0 Å². The molecule has 4 heteroatoms. The van der Waals surface area contributed by atoms with Crippen molar-refractivity contribution in [1.29, 1.82) is 0 Å². The molecule has 0 aromatic carbocycles. The largest absolute Gasteiger partial charge is 0.465 e. The van der Waals surface area contributed by atoms with E-state index in [-0.39, 0.29) is 12.6 Å². The van der Waals surface area contributed by atoms with Crippen molar-refractivity contribution in [3.8, 4) is 0 Å². The van der Waals surface area contributed by atoms with Gasteiger partial charge in [-0.2, -0.15) is 0 Å². The van der Waals surface area contributed by atoms with E-state index in [1.807, 2.05) is 0 Å². The van der Waals surface area contributed by atoms with Crippen LogP contribution in [0.3, 0.4) is 0 Å². The number of aliphatic hydroxyl groups is 1. The van der Waals surface area contributed by atoms with Gasteiger partial charge in [0.1, 0.15) is 0 Å². The first-order chi connectivity index (χ1) is 14.1. The van der Waals surface area contributed by atoms with Gasteiger partial charge in [0.15, 0.2) is 0 Å². The topological polar surface area (TPSA) is 49.8 Å². The van der Waals surface area contributed by atoms with Crippen molar-refractivity contribution in [1.82, 2.24) is 4.90 Å². The van der Waals surface area contributed by atoms with Crippen molar-refractivity contribution < 1.29 is 14.6 Å². The average molecular weight is 414 g/mol. The minimum atomic E-state index is -0.0356. The molecule has 0 bridgehead atoms. The first-order valence-corrected chi connectivity index (χ1v) is 12.6. The molecule has 0 heterocycles. The number of carbonyl (C=O) groups excluding carboxylic acids is 1. The standard InChI is InChI=1S/C25H51NO3/c1-4-6-8-10-11-13-17-24(3)23-29-25(28)18-14-12-16-20-26(21-22-27)19-15-9-7-5-2/h24,27H,4-23H2,1-3H3. The quantitative estimate of drug-likeness (QED) is 0.166. The van der Waals surface area contributed by atoms with Gasteiger partial charge in [-0.05, 0) is 44.7 Å². The molecular formula is C25H51NO3. The third-order valence-corrected chi connectivity index (χ3v) is 5.68. The van der Waals surface area contributed by atoms with Crippen LogP contribution in [-0.2, 0) is 9.53 Å². The summed E-state index contributed by atoms with van der Waals surface area (Å²) in [4.78, 5) is 14.3. The van der Waals surface area contributed by atoms with Crippen LogP contribution in [-0.4, -0.2) is 48.8 Å². The fourth-order valence-electron chi connectivity index (χ4n) is 3.68. The second kappa shape index (κ2) is 22.1. The molecule has 0 fully saturated rings. The number of hydrogen-bond acceptors (Lipinski definition) is 4. The second-order valence-electron chi connectivity index (χ2n) is 8.78. The number of hydrogen-bond donors (Lipinski definition) is 1. The van der Waals surface area contributed by atoms with Crippen LogP contribution in [0.2, 0.25) is 0 Å². The van der Waals surface area contributed by atoms with Gasteiger partial charge in [-0.25, -0.2) is 0 Å². The number of carbonyl (C=O) groups is 1. The first kappa shape index (κ1) is 28.4. The van der Waals surface area contributed by atoms with Crippen molar-refractivity contribution in [2.45, 2.75) is 117 Å². The van der Waals surface area contributed by atoms with Gasteiger partial charge in [-0.1, -0.05) is 85.0 Å². The molecule has 0 saturated heterocycles. The zero-order chi connectivity index (χ0) is 21.6. The van der Waals surface area contributed by atoms with Gasteiger partial charge in [-0.15, -0.1) is 0 Å². The predicted molar refractivity (Wildman–Crippen MR) is 124 cm³/mol. The van der Waals surface area contributed by atoms with Gasteiger partial charge < -0.3 is 14.7 Å².